The first-order valence-corrected chi connectivity index (χ1v) is 10.6. The number of hydrogen-bond acceptors (Lipinski definition) is 4. The number of anilines is 1. The largest absolute Gasteiger partial charge is 0.334 e. The van der Waals surface area contributed by atoms with Crippen LogP contribution in [-0.2, 0) is 7.05 Å². The van der Waals surface area contributed by atoms with Gasteiger partial charge in [0.15, 0.2) is 0 Å². The molecule has 29 heavy (non-hydrogen) atoms. The second-order valence-corrected chi connectivity index (χ2v) is 8.65. The van der Waals surface area contributed by atoms with E-state index in [1.165, 1.54) is 11.3 Å². The lowest BCUT2D eigenvalue weighted by Crippen LogP contribution is -2.51. The molecule has 3 heterocycles. The van der Waals surface area contributed by atoms with Crippen LogP contribution in [0.15, 0.2) is 24.3 Å². The van der Waals surface area contributed by atoms with Gasteiger partial charge in [0.1, 0.15) is 4.83 Å². The van der Waals surface area contributed by atoms with Gasteiger partial charge >= 0.3 is 6.03 Å². The fraction of sp³-hybridized carbons (Fsp3) is 0.350. The first kappa shape index (κ1) is 19.7. The van der Waals surface area contributed by atoms with Crippen molar-refractivity contribution in [3.63, 3.8) is 0 Å². The van der Waals surface area contributed by atoms with Crippen LogP contribution in [0.2, 0.25) is 5.02 Å². The Hall–Kier alpha value is -2.58. The van der Waals surface area contributed by atoms with Crippen LogP contribution in [-0.4, -0.2) is 57.7 Å². The number of carbonyl (C=O) groups is 2. The predicted octanol–water partition coefficient (Wildman–Crippen LogP) is 3.89. The van der Waals surface area contributed by atoms with Crippen molar-refractivity contribution >= 4 is 50.8 Å². The van der Waals surface area contributed by atoms with Gasteiger partial charge in [0.05, 0.1) is 10.6 Å². The van der Waals surface area contributed by atoms with E-state index in [-0.39, 0.29) is 11.9 Å². The average molecular weight is 432 g/mol. The third-order valence-corrected chi connectivity index (χ3v) is 6.78. The molecule has 1 fully saturated rings. The standard InChI is InChI=1S/C20H22ClN5O2S/c1-12-4-5-14(10-16(12)21)22-20(28)26-8-6-25(7-9-26)18(27)17-11-15-13(2)23-24(3)19(15)29-17/h4-5,10-11H,6-9H2,1-3H3,(H,22,28). The number of aromatic nitrogens is 2. The van der Waals surface area contributed by atoms with Crippen molar-refractivity contribution in [2.24, 2.45) is 7.05 Å². The summed E-state index contributed by atoms with van der Waals surface area (Å²) in [7, 11) is 1.89. The SMILES string of the molecule is Cc1ccc(NC(=O)N2CCN(C(=O)c3cc4c(C)nn(C)c4s3)CC2)cc1Cl. The average Bonchev–Trinajstić information content (AvgIpc) is 3.26. The van der Waals surface area contributed by atoms with Crippen molar-refractivity contribution in [2.75, 3.05) is 31.5 Å². The molecule has 4 rings (SSSR count). The first-order chi connectivity index (χ1) is 13.8. The number of piperazine rings is 1. The molecule has 0 aliphatic carbocycles. The highest BCUT2D eigenvalue weighted by Crippen LogP contribution is 2.29. The van der Waals surface area contributed by atoms with Gasteiger partial charge in [-0.1, -0.05) is 17.7 Å². The van der Waals surface area contributed by atoms with Crippen LogP contribution in [0, 0.1) is 13.8 Å². The molecule has 1 saturated heterocycles. The van der Waals surface area contributed by atoms with Crippen LogP contribution in [0.25, 0.3) is 10.2 Å². The smallest absolute Gasteiger partial charge is 0.321 e. The number of nitrogens with zero attached hydrogens (tertiary/aromatic N) is 4. The Morgan fingerprint density at radius 3 is 2.45 bits per heavy atom. The Kier molecular flexibility index (Phi) is 5.23. The van der Waals surface area contributed by atoms with Gasteiger partial charge in [-0.3, -0.25) is 9.48 Å². The Balaban J connectivity index is 1.37. The summed E-state index contributed by atoms with van der Waals surface area (Å²) in [4.78, 5) is 30.7. The van der Waals surface area contributed by atoms with E-state index in [0.717, 1.165) is 21.5 Å². The quantitative estimate of drug-likeness (QED) is 0.669. The number of amides is 3. The molecule has 0 saturated carbocycles. The van der Waals surface area contributed by atoms with Crippen LogP contribution in [0.5, 0.6) is 0 Å². The van der Waals surface area contributed by atoms with Gasteiger partial charge in [-0.25, -0.2) is 4.79 Å². The van der Waals surface area contributed by atoms with E-state index in [4.69, 9.17) is 11.6 Å². The van der Waals surface area contributed by atoms with E-state index >= 15 is 0 Å². The summed E-state index contributed by atoms with van der Waals surface area (Å²) in [6.07, 6.45) is 0. The Morgan fingerprint density at radius 1 is 1.10 bits per heavy atom. The Morgan fingerprint density at radius 2 is 1.79 bits per heavy atom. The van der Waals surface area contributed by atoms with Gasteiger partial charge < -0.3 is 15.1 Å². The summed E-state index contributed by atoms with van der Waals surface area (Å²) in [5, 5.41) is 8.89. The predicted molar refractivity (Wildman–Crippen MR) is 116 cm³/mol. The van der Waals surface area contributed by atoms with E-state index in [1.807, 2.05) is 43.8 Å². The minimum atomic E-state index is -0.180. The van der Waals surface area contributed by atoms with Crippen LogP contribution in [0.3, 0.4) is 0 Å². The Bertz CT molecular complexity index is 1060. The van der Waals surface area contributed by atoms with E-state index < -0.39 is 0 Å². The maximum absolute atomic E-state index is 12.9. The van der Waals surface area contributed by atoms with Gasteiger partial charge in [-0.15, -0.1) is 11.3 Å². The molecule has 1 N–H and O–H groups in total. The monoisotopic (exact) mass is 431 g/mol. The highest BCUT2D eigenvalue weighted by Gasteiger charge is 2.26. The van der Waals surface area contributed by atoms with Gasteiger partial charge in [-0.2, -0.15) is 5.10 Å². The first-order valence-electron chi connectivity index (χ1n) is 9.38. The maximum atomic E-state index is 12.9. The van der Waals surface area contributed by atoms with E-state index in [1.54, 1.807) is 15.9 Å². The maximum Gasteiger partial charge on any atom is 0.321 e. The molecule has 3 amide bonds. The molecule has 0 spiro atoms. The molecule has 0 unspecified atom stereocenters. The fourth-order valence-corrected chi connectivity index (χ4v) is 4.72. The molecule has 1 aliphatic rings. The molecular formula is C20H22ClN5O2S. The van der Waals surface area contributed by atoms with Crippen LogP contribution < -0.4 is 5.32 Å². The lowest BCUT2D eigenvalue weighted by molar-refractivity contribution is 0.0676. The minimum absolute atomic E-state index is 0.0102. The van der Waals surface area contributed by atoms with E-state index in [2.05, 4.69) is 10.4 Å². The van der Waals surface area contributed by atoms with Crippen LogP contribution in [0.1, 0.15) is 20.9 Å². The molecule has 9 heteroatoms. The molecule has 7 nitrogen and oxygen atoms in total. The number of urea groups is 1. The summed E-state index contributed by atoms with van der Waals surface area (Å²) >= 11 is 7.58. The fourth-order valence-electron chi connectivity index (χ4n) is 3.45. The molecule has 3 aromatic rings. The lowest BCUT2D eigenvalue weighted by atomic mass is 10.2. The van der Waals surface area contributed by atoms with Crippen molar-refractivity contribution in [1.82, 2.24) is 19.6 Å². The second-order valence-electron chi connectivity index (χ2n) is 7.21. The number of nitrogens with one attached hydrogen (secondary N) is 1. The van der Waals surface area contributed by atoms with Crippen molar-refractivity contribution in [3.8, 4) is 0 Å². The molecule has 2 aromatic heterocycles. The number of halogens is 1. The molecular weight excluding hydrogens is 410 g/mol. The zero-order chi connectivity index (χ0) is 20.7. The molecule has 152 valence electrons. The third kappa shape index (κ3) is 3.82. The summed E-state index contributed by atoms with van der Waals surface area (Å²) in [6.45, 7) is 5.85. The Labute approximate surface area is 177 Å². The number of benzene rings is 1. The molecule has 0 atom stereocenters. The molecule has 1 aliphatic heterocycles. The van der Waals surface area contributed by atoms with Crippen molar-refractivity contribution in [2.45, 2.75) is 13.8 Å². The van der Waals surface area contributed by atoms with Crippen molar-refractivity contribution in [1.29, 1.82) is 0 Å². The van der Waals surface area contributed by atoms with Crippen LogP contribution >= 0.6 is 22.9 Å². The molecule has 0 bridgehead atoms. The van der Waals surface area contributed by atoms with Gasteiger partial charge in [0.2, 0.25) is 0 Å². The third-order valence-electron chi connectivity index (χ3n) is 5.18. The van der Waals surface area contributed by atoms with Crippen molar-refractivity contribution < 1.29 is 9.59 Å². The summed E-state index contributed by atoms with van der Waals surface area (Å²) in [6, 6.07) is 7.19. The number of carbonyl (C=O) groups excluding carboxylic acids is 2. The summed E-state index contributed by atoms with van der Waals surface area (Å²) < 4.78 is 1.81. The molecule has 0 radical (unpaired) electrons. The van der Waals surface area contributed by atoms with Gasteiger partial charge in [0, 0.05) is 49.3 Å². The van der Waals surface area contributed by atoms with Crippen molar-refractivity contribution in [3.05, 3.63) is 45.4 Å². The summed E-state index contributed by atoms with van der Waals surface area (Å²) in [5.41, 5.74) is 2.55. The number of fused-ring (bicyclic) bond motifs is 1. The highest BCUT2D eigenvalue weighted by atomic mass is 35.5. The number of thiophene rings is 1. The topological polar surface area (TPSA) is 70.5 Å². The zero-order valence-corrected chi connectivity index (χ0v) is 18.1. The highest BCUT2D eigenvalue weighted by molar-refractivity contribution is 7.20. The number of hydrogen-bond donors (Lipinski definition) is 1. The lowest BCUT2D eigenvalue weighted by Gasteiger charge is -2.34. The van der Waals surface area contributed by atoms with E-state index in [0.29, 0.717) is 41.8 Å². The normalized spacial score (nSPS) is 14.5. The minimum Gasteiger partial charge on any atom is -0.334 e. The van der Waals surface area contributed by atoms with Gasteiger partial charge in [0.25, 0.3) is 5.91 Å². The zero-order valence-electron chi connectivity index (χ0n) is 16.5. The number of aryl methyl sites for hydroxylation is 3. The van der Waals surface area contributed by atoms with Gasteiger partial charge in [-0.05, 0) is 37.6 Å². The summed E-state index contributed by atoms with van der Waals surface area (Å²) in [5.74, 6) is 0.0102. The molecule has 1 aromatic carbocycles. The number of rotatable bonds is 2. The van der Waals surface area contributed by atoms with Crippen LogP contribution in [0.4, 0.5) is 10.5 Å². The second kappa shape index (κ2) is 7.68. The van der Waals surface area contributed by atoms with E-state index in [9.17, 15) is 9.59 Å².